The minimum Gasteiger partial charge on any atom is -0.348 e. The fraction of sp³-hybridized carbons (Fsp3) is 0.389. The quantitative estimate of drug-likeness (QED) is 0.877. The van der Waals surface area contributed by atoms with Crippen molar-refractivity contribution in [1.29, 1.82) is 0 Å². The second kappa shape index (κ2) is 7.04. The number of nitrogens with zero attached hydrogens (tertiary/aromatic N) is 2. The Bertz CT molecular complexity index is 661. The maximum Gasteiger partial charge on any atom is 0.235 e. The number of carbonyl (C=O) groups excluding carboxylic acids is 1. The Kier molecular flexibility index (Phi) is 4.86. The summed E-state index contributed by atoms with van der Waals surface area (Å²) in [5, 5.41) is 0. The minimum atomic E-state index is -0.310. The van der Waals surface area contributed by atoms with Gasteiger partial charge in [0.15, 0.2) is 0 Å². The van der Waals surface area contributed by atoms with Gasteiger partial charge in [0.25, 0.3) is 0 Å². The van der Waals surface area contributed by atoms with Gasteiger partial charge in [-0.15, -0.1) is 0 Å². The SMILES string of the molecule is CC(=S)C(C(=O)N1CCC(c2cnc[nH]2)CC1)c1ccccc1. The summed E-state index contributed by atoms with van der Waals surface area (Å²) in [4.78, 5) is 22.9. The van der Waals surface area contributed by atoms with Crippen molar-refractivity contribution in [3.63, 3.8) is 0 Å². The first-order valence-electron chi connectivity index (χ1n) is 7.99. The van der Waals surface area contributed by atoms with Gasteiger partial charge < -0.3 is 9.88 Å². The number of piperidine rings is 1. The molecule has 1 aliphatic heterocycles. The average molecular weight is 327 g/mol. The first-order valence-corrected chi connectivity index (χ1v) is 8.40. The number of thiocarbonyl (C=S) groups is 1. The second-order valence-corrected chi connectivity index (χ2v) is 6.70. The molecule has 5 heteroatoms. The highest BCUT2D eigenvalue weighted by atomic mass is 32.1. The standard InChI is InChI=1S/C18H21N3OS/c1-13(23)17(15-5-3-2-4-6-15)18(22)21-9-7-14(8-10-21)16-11-19-12-20-16/h2-6,11-12,14,17H,7-10H2,1H3,(H,19,20). The van der Waals surface area contributed by atoms with Crippen LogP contribution < -0.4 is 0 Å². The molecule has 2 heterocycles. The van der Waals surface area contributed by atoms with Gasteiger partial charge in [-0.05, 0) is 25.3 Å². The summed E-state index contributed by atoms with van der Waals surface area (Å²) in [6, 6.07) is 9.84. The molecule has 0 aliphatic carbocycles. The summed E-state index contributed by atoms with van der Waals surface area (Å²) in [5.41, 5.74) is 2.16. The van der Waals surface area contributed by atoms with Crippen molar-refractivity contribution in [2.75, 3.05) is 13.1 Å². The van der Waals surface area contributed by atoms with E-state index >= 15 is 0 Å². The molecule has 0 radical (unpaired) electrons. The number of carbonyl (C=O) groups is 1. The van der Waals surface area contributed by atoms with Crippen molar-refractivity contribution in [2.45, 2.75) is 31.6 Å². The maximum absolute atomic E-state index is 13.0. The van der Waals surface area contributed by atoms with Crippen LogP contribution in [-0.2, 0) is 4.79 Å². The number of imidazole rings is 1. The molecule has 0 spiro atoms. The number of nitrogens with one attached hydrogen (secondary N) is 1. The molecule has 1 unspecified atom stereocenters. The number of aromatic nitrogens is 2. The molecule has 3 rings (SSSR count). The zero-order valence-corrected chi connectivity index (χ0v) is 14.1. The number of hydrogen-bond donors (Lipinski definition) is 1. The fourth-order valence-corrected chi connectivity index (χ4v) is 3.52. The van der Waals surface area contributed by atoms with Gasteiger partial charge in [-0.1, -0.05) is 42.5 Å². The summed E-state index contributed by atoms with van der Waals surface area (Å²) in [7, 11) is 0. The monoisotopic (exact) mass is 327 g/mol. The van der Waals surface area contributed by atoms with E-state index in [4.69, 9.17) is 12.2 Å². The average Bonchev–Trinajstić information content (AvgIpc) is 3.10. The van der Waals surface area contributed by atoms with Crippen LogP contribution in [-0.4, -0.2) is 38.7 Å². The van der Waals surface area contributed by atoms with Gasteiger partial charge in [-0.25, -0.2) is 4.98 Å². The van der Waals surface area contributed by atoms with Crippen LogP contribution in [0.1, 0.15) is 42.9 Å². The van der Waals surface area contributed by atoms with Gasteiger partial charge in [0, 0.05) is 35.8 Å². The summed E-state index contributed by atoms with van der Waals surface area (Å²) in [6.07, 6.45) is 5.53. The van der Waals surface area contributed by atoms with Crippen LogP contribution in [0.25, 0.3) is 0 Å². The lowest BCUT2D eigenvalue weighted by Crippen LogP contribution is -2.42. The predicted octanol–water partition coefficient (Wildman–Crippen LogP) is 3.29. The maximum atomic E-state index is 13.0. The smallest absolute Gasteiger partial charge is 0.235 e. The number of benzene rings is 1. The van der Waals surface area contributed by atoms with E-state index in [1.807, 2.05) is 48.4 Å². The van der Waals surface area contributed by atoms with Crippen LogP contribution in [0.5, 0.6) is 0 Å². The lowest BCUT2D eigenvalue weighted by atomic mass is 9.90. The van der Waals surface area contributed by atoms with Gasteiger partial charge in [0.05, 0.1) is 12.2 Å². The van der Waals surface area contributed by atoms with Crippen LogP contribution in [0.2, 0.25) is 0 Å². The molecular weight excluding hydrogens is 306 g/mol. The van der Waals surface area contributed by atoms with Crippen molar-refractivity contribution >= 4 is 23.0 Å². The lowest BCUT2D eigenvalue weighted by Gasteiger charge is -2.34. The number of likely N-dealkylation sites (tertiary alicyclic amines) is 1. The van der Waals surface area contributed by atoms with E-state index in [9.17, 15) is 4.79 Å². The topological polar surface area (TPSA) is 49.0 Å². The van der Waals surface area contributed by atoms with Crippen molar-refractivity contribution in [1.82, 2.24) is 14.9 Å². The van der Waals surface area contributed by atoms with Gasteiger partial charge in [0.1, 0.15) is 0 Å². The Labute approximate surface area is 141 Å². The first kappa shape index (κ1) is 15.9. The van der Waals surface area contributed by atoms with E-state index < -0.39 is 0 Å². The normalized spacial score (nSPS) is 17.0. The molecular formula is C18H21N3OS. The van der Waals surface area contributed by atoms with Crippen molar-refractivity contribution in [3.05, 3.63) is 54.1 Å². The minimum absolute atomic E-state index is 0.131. The van der Waals surface area contributed by atoms with Crippen LogP contribution in [0.3, 0.4) is 0 Å². The molecule has 1 amide bonds. The molecule has 1 N–H and O–H groups in total. The molecule has 1 saturated heterocycles. The molecule has 120 valence electrons. The number of rotatable bonds is 4. The Morgan fingerprint density at radius 2 is 2.00 bits per heavy atom. The van der Waals surface area contributed by atoms with E-state index in [2.05, 4.69) is 9.97 Å². The van der Waals surface area contributed by atoms with Crippen LogP contribution >= 0.6 is 12.2 Å². The third-order valence-corrected chi connectivity index (χ3v) is 4.79. The summed E-state index contributed by atoms with van der Waals surface area (Å²) in [5.74, 6) is 0.284. The number of aromatic amines is 1. The molecule has 4 nitrogen and oxygen atoms in total. The van der Waals surface area contributed by atoms with E-state index in [1.165, 1.54) is 5.69 Å². The zero-order chi connectivity index (χ0) is 16.2. The number of H-pyrrole nitrogens is 1. The number of hydrogen-bond acceptors (Lipinski definition) is 3. The lowest BCUT2D eigenvalue weighted by molar-refractivity contribution is -0.132. The summed E-state index contributed by atoms with van der Waals surface area (Å²) in [6.45, 7) is 3.41. The molecule has 1 aromatic carbocycles. The van der Waals surface area contributed by atoms with Gasteiger partial charge in [-0.2, -0.15) is 0 Å². The Morgan fingerprint density at radius 1 is 1.30 bits per heavy atom. The first-order chi connectivity index (χ1) is 11.2. The third kappa shape index (κ3) is 3.50. The molecule has 0 saturated carbocycles. The third-order valence-electron chi connectivity index (χ3n) is 4.55. The summed E-state index contributed by atoms with van der Waals surface area (Å²) >= 11 is 5.37. The zero-order valence-electron chi connectivity index (χ0n) is 13.2. The molecule has 23 heavy (non-hydrogen) atoms. The summed E-state index contributed by atoms with van der Waals surface area (Å²) < 4.78 is 0. The van der Waals surface area contributed by atoms with E-state index in [0.717, 1.165) is 36.4 Å². The van der Waals surface area contributed by atoms with Crippen LogP contribution in [0, 0.1) is 0 Å². The molecule has 1 aromatic heterocycles. The molecule has 1 fully saturated rings. The molecule has 1 atom stereocenters. The Morgan fingerprint density at radius 3 is 2.57 bits per heavy atom. The Balaban J connectivity index is 1.69. The van der Waals surface area contributed by atoms with E-state index in [1.54, 1.807) is 6.33 Å². The predicted molar refractivity (Wildman–Crippen MR) is 94.6 cm³/mol. The van der Waals surface area contributed by atoms with Gasteiger partial charge >= 0.3 is 0 Å². The highest BCUT2D eigenvalue weighted by molar-refractivity contribution is 7.80. The van der Waals surface area contributed by atoms with E-state index in [0.29, 0.717) is 5.92 Å². The van der Waals surface area contributed by atoms with Crippen molar-refractivity contribution in [3.8, 4) is 0 Å². The Hall–Kier alpha value is -2.01. The van der Waals surface area contributed by atoms with Crippen LogP contribution in [0.4, 0.5) is 0 Å². The van der Waals surface area contributed by atoms with Gasteiger partial charge in [0.2, 0.25) is 5.91 Å². The van der Waals surface area contributed by atoms with Gasteiger partial charge in [-0.3, -0.25) is 4.79 Å². The van der Waals surface area contributed by atoms with Crippen molar-refractivity contribution < 1.29 is 4.79 Å². The largest absolute Gasteiger partial charge is 0.348 e. The highest BCUT2D eigenvalue weighted by Crippen LogP contribution is 2.29. The fourth-order valence-electron chi connectivity index (χ4n) is 3.28. The van der Waals surface area contributed by atoms with E-state index in [-0.39, 0.29) is 11.8 Å². The molecule has 0 bridgehead atoms. The highest BCUT2D eigenvalue weighted by Gasteiger charge is 2.31. The van der Waals surface area contributed by atoms with Crippen LogP contribution in [0.15, 0.2) is 42.9 Å². The second-order valence-electron chi connectivity index (χ2n) is 6.06. The molecule has 2 aromatic rings. The molecule has 1 aliphatic rings. The van der Waals surface area contributed by atoms with Crippen molar-refractivity contribution in [2.24, 2.45) is 0 Å². The number of amides is 1.